The molecule has 1 aromatic heterocycles. The molecule has 0 unspecified atom stereocenters. The number of nitro benzene ring substituents is 1. The first-order chi connectivity index (χ1) is 15.1. The van der Waals surface area contributed by atoms with Gasteiger partial charge in [-0.1, -0.05) is 48.2 Å². The highest BCUT2D eigenvalue weighted by molar-refractivity contribution is 7.98. The zero-order chi connectivity index (χ0) is 21.6. The van der Waals surface area contributed by atoms with Crippen LogP contribution < -0.4 is 10.1 Å². The maximum atomic E-state index is 11.0. The van der Waals surface area contributed by atoms with Gasteiger partial charge in [-0.25, -0.2) is 9.97 Å². The molecule has 0 aliphatic carbocycles. The molecule has 0 fully saturated rings. The number of nitrogens with zero attached hydrogens (tertiary/aromatic N) is 3. The van der Waals surface area contributed by atoms with Crippen molar-refractivity contribution in [1.29, 1.82) is 0 Å². The Kier molecular flexibility index (Phi) is 6.28. The molecule has 1 N–H and O–H groups in total. The third kappa shape index (κ3) is 5.10. The minimum Gasteiger partial charge on any atom is -0.497 e. The van der Waals surface area contributed by atoms with E-state index in [1.54, 1.807) is 19.2 Å². The van der Waals surface area contributed by atoms with E-state index in [0.29, 0.717) is 17.5 Å². The summed E-state index contributed by atoms with van der Waals surface area (Å²) < 4.78 is 5.21. The van der Waals surface area contributed by atoms with E-state index in [1.807, 2.05) is 54.6 Å². The third-order valence-electron chi connectivity index (χ3n) is 4.69. The van der Waals surface area contributed by atoms with Gasteiger partial charge in [-0.2, -0.15) is 0 Å². The number of fused-ring (bicyclic) bond motifs is 1. The SMILES string of the molecule is COc1ccc(CNc2nc(SCc3cccc([N+](=O)[O-])c3)nc3ccccc23)cc1. The van der Waals surface area contributed by atoms with E-state index in [4.69, 9.17) is 9.72 Å². The summed E-state index contributed by atoms with van der Waals surface area (Å²) in [5.41, 5.74) is 2.88. The summed E-state index contributed by atoms with van der Waals surface area (Å²) in [5.74, 6) is 2.11. The van der Waals surface area contributed by atoms with Crippen molar-refractivity contribution >= 4 is 34.2 Å². The number of thioether (sulfide) groups is 1. The molecule has 0 saturated carbocycles. The predicted molar refractivity (Wildman–Crippen MR) is 123 cm³/mol. The molecule has 0 atom stereocenters. The molecule has 0 radical (unpaired) electrons. The zero-order valence-electron chi connectivity index (χ0n) is 16.8. The topological polar surface area (TPSA) is 90.2 Å². The van der Waals surface area contributed by atoms with Crippen molar-refractivity contribution in [2.45, 2.75) is 17.5 Å². The van der Waals surface area contributed by atoms with Crippen molar-refractivity contribution < 1.29 is 9.66 Å². The van der Waals surface area contributed by atoms with E-state index >= 15 is 0 Å². The zero-order valence-corrected chi connectivity index (χ0v) is 17.6. The summed E-state index contributed by atoms with van der Waals surface area (Å²) in [6.45, 7) is 0.611. The Labute approximate surface area is 183 Å². The Hall–Kier alpha value is -3.65. The highest BCUT2D eigenvalue weighted by atomic mass is 32.2. The Morgan fingerprint density at radius 3 is 2.58 bits per heavy atom. The van der Waals surface area contributed by atoms with Crippen LogP contribution in [0.3, 0.4) is 0 Å². The summed E-state index contributed by atoms with van der Waals surface area (Å²) >= 11 is 1.45. The van der Waals surface area contributed by atoms with Crippen LogP contribution in [0, 0.1) is 10.1 Å². The minimum atomic E-state index is -0.387. The average molecular weight is 433 g/mol. The van der Waals surface area contributed by atoms with Crippen molar-refractivity contribution in [2.75, 3.05) is 12.4 Å². The molecule has 0 bridgehead atoms. The number of anilines is 1. The highest BCUT2D eigenvalue weighted by Gasteiger charge is 2.10. The Balaban J connectivity index is 1.54. The Morgan fingerprint density at radius 2 is 1.81 bits per heavy atom. The molecular formula is C23H20N4O3S. The summed E-state index contributed by atoms with van der Waals surface area (Å²) in [4.78, 5) is 20.0. The summed E-state index contributed by atoms with van der Waals surface area (Å²) in [5, 5.41) is 16.0. The molecule has 31 heavy (non-hydrogen) atoms. The third-order valence-corrected chi connectivity index (χ3v) is 5.61. The largest absolute Gasteiger partial charge is 0.497 e. The van der Waals surface area contributed by atoms with Gasteiger partial charge in [0.25, 0.3) is 5.69 Å². The van der Waals surface area contributed by atoms with Gasteiger partial charge in [0.15, 0.2) is 5.16 Å². The van der Waals surface area contributed by atoms with Crippen molar-refractivity contribution in [1.82, 2.24) is 9.97 Å². The molecule has 0 aliphatic heterocycles. The fraction of sp³-hybridized carbons (Fsp3) is 0.130. The number of ether oxygens (including phenoxy) is 1. The van der Waals surface area contributed by atoms with E-state index in [-0.39, 0.29) is 10.6 Å². The molecule has 0 amide bonds. The summed E-state index contributed by atoms with van der Waals surface area (Å²) in [7, 11) is 1.65. The molecule has 156 valence electrons. The van der Waals surface area contributed by atoms with Crippen LogP contribution in [-0.4, -0.2) is 22.0 Å². The molecule has 3 aromatic carbocycles. The van der Waals surface area contributed by atoms with E-state index in [0.717, 1.165) is 33.6 Å². The van der Waals surface area contributed by atoms with E-state index < -0.39 is 0 Å². The second-order valence-electron chi connectivity index (χ2n) is 6.79. The number of hydrogen-bond acceptors (Lipinski definition) is 7. The maximum absolute atomic E-state index is 11.0. The van der Waals surface area contributed by atoms with Crippen LogP contribution in [0.5, 0.6) is 5.75 Å². The van der Waals surface area contributed by atoms with Gasteiger partial charge in [0.2, 0.25) is 0 Å². The number of aromatic nitrogens is 2. The standard InChI is InChI=1S/C23H20N4O3S/c1-30-19-11-9-16(10-12-19)14-24-22-20-7-2-3-8-21(20)25-23(26-22)31-15-17-5-4-6-18(13-17)27(28)29/h2-13H,14-15H2,1H3,(H,24,25,26). The number of nitrogens with one attached hydrogen (secondary N) is 1. The minimum absolute atomic E-state index is 0.0828. The second-order valence-corrected chi connectivity index (χ2v) is 7.73. The summed E-state index contributed by atoms with van der Waals surface area (Å²) in [6, 6.07) is 22.3. The van der Waals surface area contributed by atoms with Gasteiger partial charge in [-0.3, -0.25) is 10.1 Å². The smallest absolute Gasteiger partial charge is 0.269 e. The monoisotopic (exact) mass is 432 g/mol. The van der Waals surface area contributed by atoms with Crippen molar-refractivity contribution in [3.8, 4) is 5.75 Å². The van der Waals surface area contributed by atoms with Gasteiger partial charge in [-0.05, 0) is 35.4 Å². The van der Waals surface area contributed by atoms with Gasteiger partial charge < -0.3 is 10.1 Å². The fourth-order valence-corrected chi connectivity index (χ4v) is 3.89. The van der Waals surface area contributed by atoms with Crippen molar-refractivity contribution in [3.05, 3.63) is 94.0 Å². The van der Waals surface area contributed by atoms with Crippen LogP contribution in [0.2, 0.25) is 0 Å². The first-order valence-electron chi connectivity index (χ1n) is 9.62. The average Bonchev–Trinajstić information content (AvgIpc) is 2.81. The first kappa shape index (κ1) is 20.6. The second kappa shape index (κ2) is 9.44. The van der Waals surface area contributed by atoms with Crippen LogP contribution >= 0.6 is 11.8 Å². The van der Waals surface area contributed by atoms with Crippen LogP contribution in [0.4, 0.5) is 11.5 Å². The Morgan fingerprint density at radius 1 is 1.00 bits per heavy atom. The molecule has 0 saturated heterocycles. The molecule has 8 heteroatoms. The van der Waals surface area contributed by atoms with Crippen molar-refractivity contribution in [2.24, 2.45) is 0 Å². The quantitative estimate of drug-likeness (QED) is 0.171. The fourth-order valence-electron chi connectivity index (χ4n) is 3.09. The normalized spacial score (nSPS) is 10.7. The maximum Gasteiger partial charge on any atom is 0.269 e. The molecule has 4 rings (SSSR count). The van der Waals surface area contributed by atoms with Gasteiger partial charge in [0.05, 0.1) is 17.5 Å². The lowest BCUT2D eigenvalue weighted by Gasteiger charge is -2.11. The molecule has 7 nitrogen and oxygen atoms in total. The number of hydrogen-bond donors (Lipinski definition) is 1. The number of nitro groups is 1. The predicted octanol–water partition coefficient (Wildman–Crippen LogP) is 5.45. The van der Waals surface area contributed by atoms with E-state index in [9.17, 15) is 10.1 Å². The van der Waals surface area contributed by atoms with Crippen LogP contribution in [0.25, 0.3) is 10.9 Å². The van der Waals surface area contributed by atoms with Crippen molar-refractivity contribution in [3.63, 3.8) is 0 Å². The number of rotatable bonds is 8. The van der Waals surface area contributed by atoms with E-state index in [2.05, 4.69) is 10.3 Å². The van der Waals surface area contributed by atoms with E-state index in [1.165, 1.54) is 17.8 Å². The molecule has 0 spiro atoms. The molecular weight excluding hydrogens is 412 g/mol. The number of benzene rings is 3. The van der Waals surface area contributed by atoms with Crippen LogP contribution in [0.1, 0.15) is 11.1 Å². The first-order valence-corrected chi connectivity index (χ1v) is 10.6. The lowest BCUT2D eigenvalue weighted by atomic mass is 10.2. The molecule has 1 heterocycles. The molecule has 0 aliphatic rings. The lowest BCUT2D eigenvalue weighted by molar-refractivity contribution is -0.384. The number of para-hydroxylation sites is 1. The Bertz CT molecular complexity index is 1220. The summed E-state index contributed by atoms with van der Waals surface area (Å²) in [6.07, 6.45) is 0. The van der Waals surface area contributed by atoms with Crippen LogP contribution in [-0.2, 0) is 12.3 Å². The van der Waals surface area contributed by atoms with Gasteiger partial charge >= 0.3 is 0 Å². The van der Waals surface area contributed by atoms with Gasteiger partial charge in [0, 0.05) is 29.8 Å². The van der Waals surface area contributed by atoms with Gasteiger partial charge in [0.1, 0.15) is 11.6 Å². The molecule has 4 aromatic rings. The number of methoxy groups -OCH3 is 1. The van der Waals surface area contributed by atoms with Gasteiger partial charge in [-0.15, -0.1) is 0 Å². The lowest BCUT2D eigenvalue weighted by Crippen LogP contribution is -2.04. The van der Waals surface area contributed by atoms with Crippen LogP contribution in [0.15, 0.2) is 78.0 Å². The number of non-ortho nitro benzene ring substituents is 1. The highest BCUT2D eigenvalue weighted by Crippen LogP contribution is 2.27.